The van der Waals surface area contributed by atoms with Crippen LogP contribution in [0.3, 0.4) is 0 Å². The predicted octanol–water partition coefficient (Wildman–Crippen LogP) is 5.63. The number of hydrogen-bond acceptors (Lipinski definition) is 2. The van der Waals surface area contributed by atoms with E-state index in [9.17, 15) is 18.0 Å². The van der Waals surface area contributed by atoms with Crippen LogP contribution in [0, 0.1) is 3.57 Å². The van der Waals surface area contributed by atoms with Crippen molar-refractivity contribution in [2.24, 2.45) is 0 Å². The Morgan fingerprint density at radius 2 is 1.88 bits per heavy atom. The highest BCUT2D eigenvalue weighted by Gasteiger charge is 2.34. The summed E-state index contributed by atoms with van der Waals surface area (Å²) in [5.74, 6) is -0.539. The van der Waals surface area contributed by atoms with Crippen LogP contribution >= 0.6 is 45.8 Å². The van der Waals surface area contributed by atoms with Gasteiger partial charge in [-0.1, -0.05) is 23.2 Å². The zero-order chi connectivity index (χ0) is 17.9. The zero-order valence-electron chi connectivity index (χ0n) is 11.8. The normalized spacial score (nSPS) is 11.2. The van der Waals surface area contributed by atoms with Gasteiger partial charge in [0.2, 0.25) is 0 Å². The Morgan fingerprint density at radius 3 is 2.50 bits per heavy atom. The lowest BCUT2D eigenvalue weighted by molar-refractivity contribution is -0.137. The molecule has 0 atom stereocenters. The Labute approximate surface area is 159 Å². The number of halogens is 6. The largest absolute Gasteiger partial charge is 0.482 e. The maximum absolute atomic E-state index is 13.0. The van der Waals surface area contributed by atoms with Gasteiger partial charge in [0.05, 0.1) is 16.3 Å². The summed E-state index contributed by atoms with van der Waals surface area (Å²) in [5.41, 5.74) is -1.26. The first kappa shape index (κ1) is 19.1. The van der Waals surface area contributed by atoms with Gasteiger partial charge >= 0.3 is 6.18 Å². The molecule has 0 bridgehead atoms. The molecule has 128 valence electrons. The van der Waals surface area contributed by atoms with Gasteiger partial charge in [-0.15, -0.1) is 0 Å². The second-order valence-corrected chi connectivity index (χ2v) is 6.69. The third-order valence-electron chi connectivity index (χ3n) is 2.81. The van der Waals surface area contributed by atoms with Crippen molar-refractivity contribution in [2.75, 3.05) is 11.9 Å². The number of carbonyl (C=O) groups is 1. The number of benzene rings is 2. The van der Waals surface area contributed by atoms with Crippen LogP contribution in [0.25, 0.3) is 0 Å². The molecule has 0 saturated heterocycles. The molecule has 2 aromatic rings. The van der Waals surface area contributed by atoms with Gasteiger partial charge in [-0.05, 0) is 59.0 Å². The van der Waals surface area contributed by atoms with E-state index in [1.165, 1.54) is 30.3 Å². The Kier molecular flexibility index (Phi) is 6.22. The maximum Gasteiger partial charge on any atom is 0.418 e. The van der Waals surface area contributed by atoms with Crippen molar-refractivity contribution in [3.8, 4) is 5.75 Å². The van der Waals surface area contributed by atoms with Gasteiger partial charge in [-0.2, -0.15) is 13.2 Å². The highest BCUT2D eigenvalue weighted by molar-refractivity contribution is 14.1. The van der Waals surface area contributed by atoms with Crippen molar-refractivity contribution < 1.29 is 22.7 Å². The smallest absolute Gasteiger partial charge is 0.418 e. The van der Waals surface area contributed by atoms with E-state index in [0.717, 1.165) is 6.07 Å². The molecule has 1 amide bonds. The van der Waals surface area contributed by atoms with E-state index in [1.54, 1.807) is 22.6 Å². The molecule has 1 N–H and O–H groups in total. The Hall–Kier alpha value is -1.19. The molecule has 0 aliphatic heterocycles. The second kappa shape index (κ2) is 7.79. The number of nitrogens with one attached hydrogen (secondary N) is 1. The van der Waals surface area contributed by atoms with Crippen molar-refractivity contribution in [3.63, 3.8) is 0 Å². The highest BCUT2D eigenvalue weighted by Crippen LogP contribution is 2.35. The topological polar surface area (TPSA) is 38.3 Å². The Morgan fingerprint density at radius 1 is 1.17 bits per heavy atom. The minimum absolute atomic E-state index is 0.195. The lowest BCUT2D eigenvalue weighted by Gasteiger charge is -2.14. The minimum Gasteiger partial charge on any atom is -0.482 e. The molecule has 0 unspecified atom stereocenters. The first-order valence-corrected chi connectivity index (χ1v) is 8.25. The van der Waals surface area contributed by atoms with Crippen LogP contribution in [-0.4, -0.2) is 12.5 Å². The van der Waals surface area contributed by atoms with Gasteiger partial charge < -0.3 is 10.1 Å². The van der Waals surface area contributed by atoms with Crippen molar-refractivity contribution in [1.29, 1.82) is 0 Å². The summed E-state index contributed by atoms with van der Waals surface area (Å²) < 4.78 is 44.6. The summed E-state index contributed by atoms with van der Waals surface area (Å²) in [5, 5.41) is 2.78. The summed E-state index contributed by atoms with van der Waals surface area (Å²) in [4.78, 5) is 11.9. The van der Waals surface area contributed by atoms with Crippen molar-refractivity contribution >= 4 is 57.4 Å². The minimum atomic E-state index is -4.58. The van der Waals surface area contributed by atoms with Gasteiger partial charge in [0, 0.05) is 8.59 Å². The molecule has 0 aliphatic rings. The van der Waals surface area contributed by atoms with Crippen molar-refractivity contribution in [3.05, 3.63) is 55.6 Å². The lowest BCUT2D eigenvalue weighted by Crippen LogP contribution is -2.22. The predicted molar refractivity (Wildman–Crippen MR) is 94.7 cm³/mol. The average molecular weight is 490 g/mol. The van der Waals surface area contributed by atoms with Crippen LogP contribution in [0.2, 0.25) is 10.0 Å². The van der Waals surface area contributed by atoms with Gasteiger partial charge in [0.15, 0.2) is 6.61 Å². The first-order valence-electron chi connectivity index (χ1n) is 6.41. The van der Waals surface area contributed by atoms with Gasteiger partial charge in [-0.3, -0.25) is 4.79 Å². The fraction of sp³-hybridized carbons (Fsp3) is 0.133. The Balaban J connectivity index is 2.08. The average Bonchev–Trinajstić information content (AvgIpc) is 2.47. The van der Waals surface area contributed by atoms with Crippen molar-refractivity contribution in [1.82, 2.24) is 0 Å². The van der Waals surface area contributed by atoms with Crippen LogP contribution in [0.4, 0.5) is 18.9 Å². The third kappa shape index (κ3) is 5.15. The summed E-state index contributed by atoms with van der Waals surface area (Å²) in [6.07, 6.45) is -4.58. The fourth-order valence-corrected chi connectivity index (χ4v) is 2.74. The molecule has 2 aromatic carbocycles. The SMILES string of the molecule is O=C(COc1ccc(Cl)cc1Cl)Nc1ccc(I)cc1C(F)(F)F. The number of hydrogen-bond donors (Lipinski definition) is 1. The molecular formula is C15H9Cl2F3INO2. The fourth-order valence-electron chi connectivity index (χ4n) is 1.78. The van der Waals surface area contributed by atoms with Crippen LogP contribution < -0.4 is 10.1 Å². The van der Waals surface area contributed by atoms with E-state index in [-0.39, 0.29) is 16.5 Å². The van der Waals surface area contributed by atoms with Crippen LogP contribution in [0.1, 0.15) is 5.56 Å². The van der Waals surface area contributed by atoms with Gasteiger partial charge in [-0.25, -0.2) is 0 Å². The maximum atomic E-state index is 13.0. The number of amides is 1. The highest BCUT2D eigenvalue weighted by atomic mass is 127. The van der Waals surface area contributed by atoms with E-state index < -0.39 is 24.3 Å². The van der Waals surface area contributed by atoms with E-state index in [1.807, 2.05) is 0 Å². The number of alkyl halides is 3. The zero-order valence-corrected chi connectivity index (χ0v) is 15.4. The summed E-state index contributed by atoms with van der Waals surface area (Å²) in [7, 11) is 0. The Bertz CT molecular complexity index is 769. The molecule has 0 heterocycles. The van der Waals surface area contributed by atoms with Crippen molar-refractivity contribution in [2.45, 2.75) is 6.18 Å². The van der Waals surface area contributed by atoms with E-state index in [0.29, 0.717) is 8.59 Å². The number of ether oxygens (including phenoxy) is 1. The van der Waals surface area contributed by atoms with Gasteiger partial charge in [0.1, 0.15) is 5.75 Å². The molecule has 0 aliphatic carbocycles. The second-order valence-electron chi connectivity index (χ2n) is 4.60. The van der Waals surface area contributed by atoms with E-state index in [4.69, 9.17) is 27.9 Å². The lowest BCUT2D eigenvalue weighted by atomic mass is 10.1. The van der Waals surface area contributed by atoms with Crippen LogP contribution in [-0.2, 0) is 11.0 Å². The van der Waals surface area contributed by atoms with E-state index in [2.05, 4.69) is 5.32 Å². The molecule has 24 heavy (non-hydrogen) atoms. The van der Waals surface area contributed by atoms with Gasteiger partial charge in [0.25, 0.3) is 5.91 Å². The third-order valence-corrected chi connectivity index (χ3v) is 4.02. The standard InChI is InChI=1S/C15H9Cl2F3INO2/c16-8-1-4-13(11(17)5-8)24-7-14(23)22-12-3-2-9(21)6-10(12)15(18,19)20/h1-6H,7H2,(H,22,23). The number of rotatable bonds is 4. The molecule has 3 nitrogen and oxygen atoms in total. The summed E-state index contributed by atoms with van der Waals surface area (Å²) in [6, 6.07) is 8.01. The molecule has 0 aromatic heterocycles. The molecule has 9 heteroatoms. The summed E-state index contributed by atoms with van der Waals surface area (Å²) >= 11 is 13.4. The van der Waals surface area contributed by atoms with E-state index >= 15 is 0 Å². The molecular weight excluding hydrogens is 481 g/mol. The molecule has 0 radical (unpaired) electrons. The molecule has 0 spiro atoms. The molecule has 0 saturated carbocycles. The quantitative estimate of drug-likeness (QED) is 0.565. The summed E-state index contributed by atoms with van der Waals surface area (Å²) in [6.45, 7) is -0.495. The monoisotopic (exact) mass is 489 g/mol. The van der Waals surface area contributed by atoms with Crippen LogP contribution in [0.15, 0.2) is 36.4 Å². The first-order chi connectivity index (χ1) is 11.2. The number of anilines is 1. The molecule has 2 rings (SSSR count). The number of carbonyl (C=O) groups excluding carboxylic acids is 1. The molecule has 0 fully saturated rings. The van der Waals surface area contributed by atoms with Crippen LogP contribution in [0.5, 0.6) is 5.75 Å².